The van der Waals surface area contributed by atoms with Crippen molar-refractivity contribution in [2.24, 2.45) is 0 Å². The topological polar surface area (TPSA) is 35.5 Å². The van der Waals surface area contributed by atoms with Crippen molar-refractivity contribution in [1.82, 2.24) is 10.2 Å². The summed E-state index contributed by atoms with van der Waals surface area (Å²) in [5, 5.41) is 13.3. The molecule has 1 aliphatic heterocycles. The first-order valence-corrected chi connectivity index (χ1v) is 6.72. The highest BCUT2D eigenvalue weighted by Crippen LogP contribution is 2.29. The highest BCUT2D eigenvalue weighted by Gasteiger charge is 2.34. The zero-order chi connectivity index (χ0) is 13.2. The first kappa shape index (κ1) is 13.5. The quantitative estimate of drug-likeness (QED) is 0.849. The van der Waals surface area contributed by atoms with Gasteiger partial charge in [0.05, 0.1) is 12.1 Å². The van der Waals surface area contributed by atoms with Gasteiger partial charge in [0.15, 0.2) is 0 Å². The molecule has 1 atom stereocenters. The Hall–Kier alpha value is -0.900. The minimum atomic E-state index is -0.265. The minimum absolute atomic E-state index is 0.163. The molecule has 1 aromatic rings. The number of rotatable bonds is 3. The van der Waals surface area contributed by atoms with E-state index in [9.17, 15) is 5.11 Å². The normalized spacial score (nSPS) is 20.7. The second-order valence-electron chi connectivity index (χ2n) is 5.55. The van der Waals surface area contributed by atoms with E-state index < -0.39 is 0 Å². The molecule has 18 heavy (non-hydrogen) atoms. The molecule has 1 aromatic carbocycles. The van der Waals surface area contributed by atoms with Crippen LogP contribution in [-0.4, -0.2) is 42.8 Å². The van der Waals surface area contributed by atoms with Crippen LogP contribution >= 0.6 is 0 Å². The minimum Gasteiger partial charge on any atom is -0.394 e. The first-order valence-electron chi connectivity index (χ1n) is 6.72. The van der Waals surface area contributed by atoms with Crippen molar-refractivity contribution >= 4 is 0 Å². The van der Waals surface area contributed by atoms with Gasteiger partial charge in [-0.15, -0.1) is 0 Å². The zero-order valence-corrected chi connectivity index (χ0v) is 11.7. The van der Waals surface area contributed by atoms with Gasteiger partial charge in [0, 0.05) is 26.2 Å². The molecule has 100 valence electrons. The number of nitrogens with one attached hydrogen (secondary N) is 1. The second-order valence-corrected chi connectivity index (χ2v) is 5.55. The van der Waals surface area contributed by atoms with E-state index in [2.05, 4.69) is 49.2 Å². The van der Waals surface area contributed by atoms with E-state index >= 15 is 0 Å². The number of aliphatic hydroxyl groups excluding tert-OH is 1. The van der Waals surface area contributed by atoms with Crippen LogP contribution in [0.2, 0.25) is 0 Å². The largest absolute Gasteiger partial charge is 0.394 e. The van der Waals surface area contributed by atoms with Gasteiger partial charge in [0.2, 0.25) is 0 Å². The molecular formula is C15H24N2O. The monoisotopic (exact) mass is 248 g/mol. The maximum absolute atomic E-state index is 9.91. The number of hydrogen-bond donors (Lipinski definition) is 2. The number of aryl methyl sites for hydroxylation is 2. The predicted molar refractivity (Wildman–Crippen MR) is 74.8 cm³/mol. The molecule has 0 radical (unpaired) electrons. The molecule has 2 rings (SSSR count). The van der Waals surface area contributed by atoms with Crippen molar-refractivity contribution in [3.8, 4) is 0 Å². The lowest BCUT2D eigenvalue weighted by molar-refractivity contribution is 0.0311. The Balaban J connectivity index is 2.35. The molecule has 0 amide bonds. The average Bonchev–Trinajstić information content (AvgIpc) is 2.37. The Morgan fingerprint density at radius 2 is 1.72 bits per heavy atom. The lowest BCUT2D eigenvalue weighted by Gasteiger charge is -2.43. The maximum atomic E-state index is 9.91. The van der Waals surface area contributed by atoms with Crippen LogP contribution in [0.5, 0.6) is 0 Å². The van der Waals surface area contributed by atoms with Crippen molar-refractivity contribution in [1.29, 1.82) is 0 Å². The molecule has 2 N–H and O–H groups in total. The molecule has 3 heteroatoms. The molecule has 0 aromatic heterocycles. The molecular weight excluding hydrogens is 224 g/mol. The SMILES string of the molecule is Cc1cc(C)cc(C(C)(CO)N2CCNCC2)c1. The van der Waals surface area contributed by atoms with Crippen LogP contribution in [-0.2, 0) is 5.54 Å². The van der Waals surface area contributed by atoms with Gasteiger partial charge in [-0.3, -0.25) is 4.90 Å². The third-order valence-corrected chi connectivity index (χ3v) is 3.97. The van der Waals surface area contributed by atoms with Gasteiger partial charge in [0.1, 0.15) is 0 Å². The molecule has 1 aliphatic rings. The summed E-state index contributed by atoms with van der Waals surface area (Å²) >= 11 is 0. The fourth-order valence-electron chi connectivity index (χ4n) is 2.82. The standard InChI is InChI=1S/C15H24N2O/c1-12-8-13(2)10-14(9-12)15(3,11-18)17-6-4-16-5-7-17/h8-10,16,18H,4-7,11H2,1-3H3. The van der Waals surface area contributed by atoms with Crippen LogP contribution in [0.15, 0.2) is 18.2 Å². The zero-order valence-electron chi connectivity index (χ0n) is 11.7. The van der Waals surface area contributed by atoms with E-state index in [1.165, 1.54) is 16.7 Å². The summed E-state index contributed by atoms with van der Waals surface area (Å²) in [6.45, 7) is 10.5. The van der Waals surface area contributed by atoms with E-state index in [1.807, 2.05) is 0 Å². The van der Waals surface area contributed by atoms with Crippen LogP contribution in [0.25, 0.3) is 0 Å². The summed E-state index contributed by atoms with van der Waals surface area (Å²) in [4.78, 5) is 2.39. The third-order valence-electron chi connectivity index (χ3n) is 3.97. The van der Waals surface area contributed by atoms with Crippen LogP contribution < -0.4 is 5.32 Å². The summed E-state index contributed by atoms with van der Waals surface area (Å²) < 4.78 is 0. The molecule has 3 nitrogen and oxygen atoms in total. The van der Waals surface area contributed by atoms with E-state index in [1.54, 1.807) is 0 Å². The van der Waals surface area contributed by atoms with Crippen LogP contribution in [0.1, 0.15) is 23.6 Å². The summed E-state index contributed by atoms with van der Waals surface area (Å²) in [7, 11) is 0. The van der Waals surface area contributed by atoms with Crippen molar-refractivity contribution in [3.63, 3.8) is 0 Å². The Morgan fingerprint density at radius 1 is 1.17 bits per heavy atom. The summed E-state index contributed by atoms with van der Waals surface area (Å²) in [6.07, 6.45) is 0. The molecule has 0 spiro atoms. The van der Waals surface area contributed by atoms with Crippen molar-refractivity contribution in [2.45, 2.75) is 26.3 Å². The maximum Gasteiger partial charge on any atom is 0.0666 e. The molecule has 0 bridgehead atoms. The number of piperazine rings is 1. The summed E-state index contributed by atoms with van der Waals surface area (Å²) in [5.41, 5.74) is 3.49. The van der Waals surface area contributed by atoms with Crippen molar-refractivity contribution < 1.29 is 5.11 Å². The molecule has 1 saturated heterocycles. The summed E-state index contributed by atoms with van der Waals surface area (Å²) in [5.74, 6) is 0. The Bertz CT molecular complexity index is 393. The van der Waals surface area contributed by atoms with Gasteiger partial charge in [-0.25, -0.2) is 0 Å². The predicted octanol–water partition coefficient (Wildman–Crippen LogP) is 1.42. The van der Waals surface area contributed by atoms with Gasteiger partial charge in [-0.1, -0.05) is 29.3 Å². The Morgan fingerprint density at radius 3 is 2.22 bits per heavy atom. The number of hydrogen-bond acceptors (Lipinski definition) is 3. The van der Waals surface area contributed by atoms with Crippen LogP contribution in [0.4, 0.5) is 0 Å². The molecule has 0 saturated carbocycles. The fraction of sp³-hybridized carbons (Fsp3) is 0.600. The summed E-state index contributed by atoms with van der Waals surface area (Å²) in [6, 6.07) is 6.58. The van der Waals surface area contributed by atoms with E-state index in [-0.39, 0.29) is 12.1 Å². The van der Waals surface area contributed by atoms with Gasteiger partial charge < -0.3 is 10.4 Å². The molecule has 1 heterocycles. The van der Waals surface area contributed by atoms with Crippen LogP contribution in [0, 0.1) is 13.8 Å². The third kappa shape index (κ3) is 2.58. The van der Waals surface area contributed by atoms with Gasteiger partial charge >= 0.3 is 0 Å². The van der Waals surface area contributed by atoms with Gasteiger partial charge in [0.25, 0.3) is 0 Å². The van der Waals surface area contributed by atoms with Crippen molar-refractivity contribution in [2.75, 3.05) is 32.8 Å². The highest BCUT2D eigenvalue weighted by atomic mass is 16.3. The fourth-order valence-corrected chi connectivity index (χ4v) is 2.82. The first-order chi connectivity index (χ1) is 8.56. The lowest BCUT2D eigenvalue weighted by Crippen LogP contribution is -2.54. The molecule has 1 fully saturated rings. The van der Waals surface area contributed by atoms with E-state index in [4.69, 9.17) is 0 Å². The lowest BCUT2D eigenvalue weighted by atomic mass is 9.88. The van der Waals surface area contributed by atoms with Gasteiger partial charge in [-0.05, 0) is 26.3 Å². The highest BCUT2D eigenvalue weighted by molar-refractivity contribution is 5.33. The molecule has 1 unspecified atom stereocenters. The number of nitrogens with zero attached hydrogens (tertiary/aromatic N) is 1. The Labute approximate surface area is 110 Å². The van der Waals surface area contributed by atoms with Crippen molar-refractivity contribution in [3.05, 3.63) is 34.9 Å². The smallest absolute Gasteiger partial charge is 0.0666 e. The van der Waals surface area contributed by atoms with Crippen LogP contribution in [0.3, 0.4) is 0 Å². The van der Waals surface area contributed by atoms with E-state index in [0.717, 1.165) is 26.2 Å². The number of aliphatic hydroxyl groups is 1. The average molecular weight is 248 g/mol. The Kier molecular flexibility index (Phi) is 4.05. The van der Waals surface area contributed by atoms with E-state index in [0.29, 0.717) is 0 Å². The van der Waals surface area contributed by atoms with Gasteiger partial charge in [-0.2, -0.15) is 0 Å². The second kappa shape index (κ2) is 5.39. The molecule has 0 aliphatic carbocycles. The number of benzene rings is 1.